The molecule has 4 nitrogen and oxygen atoms in total. The minimum Gasteiger partial charge on any atom is -0.398 e. The number of hydrogen-bond acceptors (Lipinski definition) is 4. The van der Waals surface area contributed by atoms with Gasteiger partial charge in [0.2, 0.25) is 0 Å². The Hall–Kier alpha value is -1.33. The van der Waals surface area contributed by atoms with E-state index in [4.69, 9.17) is 10.5 Å². The van der Waals surface area contributed by atoms with Crippen molar-refractivity contribution >= 4 is 38.2 Å². The van der Waals surface area contributed by atoms with Crippen LogP contribution in [0.2, 0.25) is 0 Å². The fourth-order valence-electron chi connectivity index (χ4n) is 2.48. The molecule has 0 saturated carbocycles. The molecule has 1 heterocycles. The number of anilines is 2. The maximum Gasteiger partial charge on any atom is 0.0956 e. The zero-order chi connectivity index (χ0) is 14.7. The third kappa shape index (κ3) is 2.88. The van der Waals surface area contributed by atoms with Crippen molar-refractivity contribution < 1.29 is 4.74 Å². The molecule has 0 fully saturated rings. The zero-order valence-corrected chi connectivity index (χ0v) is 13.6. The molecule has 5 heteroatoms. The van der Waals surface area contributed by atoms with E-state index in [9.17, 15) is 0 Å². The Kier molecular flexibility index (Phi) is 4.83. The van der Waals surface area contributed by atoms with Gasteiger partial charge in [0.15, 0.2) is 0 Å². The van der Waals surface area contributed by atoms with E-state index in [0.29, 0.717) is 6.61 Å². The molecule has 1 aromatic carbocycles. The molecule has 0 radical (unpaired) electrons. The lowest BCUT2D eigenvalue weighted by atomic mass is 10.1. The van der Waals surface area contributed by atoms with Gasteiger partial charge in [-0.2, -0.15) is 0 Å². The maximum absolute atomic E-state index is 6.07. The van der Waals surface area contributed by atoms with Crippen LogP contribution in [0.5, 0.6) is 0 Å². The van der Waals surface area contributed by atoms with Crippen LogP contribution >= 0.6 is 15.9 Å². The number of methoxy groups -OCH3 is 1. The van der Waals surface area contributed by atoms with Crippen molar-refractivity contribution in [2.75, 3.05) is 30.9 Å². The van der Waals surface area contributed by atoms with Crippen LogP contribution in [0.15, 0.2) is 28.9 Å². The average Bonchev–Trinajstić information content (AvgIpc) is 2.43. The lowest BCUT2D eigenvalue weighted by Crippen LogP contribution is -2.36. The Morgan fingerprint density at radius 1 is 1.45 bits per heavy atom. The Morgan fingerprint density at radius 3 is 2.85 bits per heavy atom. The van der Waals surface area contributed by atoms with E-state index in [1.165, 1.54) is 0 Å². The van der Waals surface area contributed by atoms with Gasteiger partial charge in [0.25, 0.3) is 0 Å². The Balaban J connectivity index is 2.56. The van der Waals surface area contributed by atoms with Gasteiger partial charge in [-0.25, -0.2) is 0 Å². The molecule has 1 unspecified atom stereocenters. The SMILES string of the molecule is CCN(c1ccc(N)c2cc(Br)cnc12)C(C)COC. The number of nitrogen functional groups attached to an aromatic ring is 1. The summed E-state index contributed by atoms with van der Waals surface area (Å²) in [5.74, 6) is 0. The predicted octanol–water partition coefficient (Wildman–Crippen LogP) is 3.44. The molecule has 0 aliphatic rings. The van der Waals surface area contributed by atoms with Crippen molar-refractivity contribution in [3.05, 3.63) is 28.9 Å². The number of ether oxygens (including phenoxy) is 1. The molecule has 0 amide bonds. The Morgan fingerprint density at radius 2 is 2.20 bits per heavy atom. The molecule has 0 spiro atoms. The van der Waals surface area contributed by atoms with Crippen LogP contribution < -0.4 is 10.6 Å². The van der Waals surface area contributed by atoms with E-state index < -0.39 is 0 Å². The second kappa shape index (κ2) is 6.41. The maximum atomic E-state index is 6.07. The summed E-state index contributed by atoms with van der Waals surface area (Å²) in [5.41, 5.74) is 8.83. The first-order valence-corrected chi connectivity index (χ1v) is 7.47. The Bertz CT molecular complexity index is 603. The van der Waals surface area contributed by atoms with Crippen LogP contribution in [0.1, 0.15) is 13.8 Å². The minimum absolute atomic E-state index is 0.280. The molecule has 0 saturated heterocycles. The molecule has 0 aliphatic heterocycles. The van der Waals surface area contributed by atoms with Crippen LogP contribution in [-0.4, -0.2) is 31.3 Å². The third-order valence-electron chi connectivity index (χ3n) is 3.42. The molecule has 1 atom stereocenters. The largest absolute Gasteiger partial charge is 0.398 e. The summed E-state index contributed by atoms with van der Waals surface area (Å²) in [5, 5.41) is 0.972. The number of nitrogens with two attached hydrogens (primary N) is 1. The highest BCUT2D eigenvalue weighted by Crippen LogP contribution is 2.32. The van der Waals surface area contributed by atoms with E-state index in [1.807, 2.05) is 18.2 Å². The third-order valence-corrected chi connectivity index (χ3v) is 3.85. The van der Waals surface area contributed by atoms with Crippen molar-refractivity contribution in [1.82, 2.24) is 4.98 Å². The molecule has 108 valence electrons. The lowest BCUT2D eigenvalue weighted by Gasteiger charge is -2.30. The topological polar surface area (TPSA) is 51.4 Å². The first-order chi connectivity index (χ1) is 9.58. The number of aromatic nitrogens is 1. The van der Waals surface area contributed by atoms with Gasteiger partial charge < -0.3 is 15.4 Å². The van der Waals surface area contributed by atoms with Gasteiger partial charge >= 0.3 is 0 Å². The number of likely N-dealkylation sites (N-methyl/N-ethyl adjacent to an activating group) is 1. The second-order valence-electron chi connectivity index (χ2n) is 4.81. The number of halogens is 1. The molecular formula is C15H20BrN3O. The second-order valence-corrected chi connectivity index (χ2v) is 5.73. The van der Waals surface area contributed by atoms with E-state index in [2.05, 4.69) is 39.7 Å². The first-order valence-electron chi connectivity index (χ1n) is 6.67. The smallest absolute Gasteiger partial charge is 0.0956 e. The van der Waals surface area contributed by atoms with Gasteiger partial charge in [-0.15, -0.1) is 0 Å². The monoisotopic (exact) mass is 337 g/mol. The molecule has 0 aliphatic carbocycles. The highest BCUT2D eigenvalue weighted by Gasteiger charge is 2.17. The summed E-state index contributed by atoms with van der Waals surface area (Å²) in [7, 11) is 1.72. The molecule has 0 bridgehead atoms. The van der Waals surface area contributed by atoms with Crippen molar-refractivity contribution in [3.8, 4) is 0 Å². The van der Waals surface area contributed by atoms with Crippen LogP contribution in [0.4, 0.5) is 11.4 Å². The Labute approximate surface area is 128 Å². The van der Waals surface area contributed by atoms with Gasteiger partial charge in [-0.05, 0) is 48.0 Å². The summed E-state index contributed by atoms with van der Waals surface area (Å²) in [4.78, 5) is 6.83. The number of fused-ring (bicyclic) bond motifs is 1. The van der Waals surface area contributed by atoms with Gasteiger partial charge in [0.05, 0.1) is 17.8 Å². The lowest BCUT2D eigenvalue weighted by molar-refractivity contribution is 0.182. The van der Waals surface area contributed by atoms with Gasteiger partial charge in [-0.3, -0.25) is 4.98 Å². The number of benzene rings is 1. The summed E-state index contributed by atoms with van der Waals surface area (Å²) < 4.78 is 6.20. The van der Waals surface area contributed by atoms with Gasteiger partial charge in [0.1, 0.15) is 0 Å². The average molecular weight is 338 g/mol. The van der Waals surface area contributed by atoms with Crippen LogP contribution in [0, 0.1) is 0 Å². The summed E-state index contributed by atoms with van der Waals surface area (Å²) in [6.45, 7) is 5.85. The van der Waals surface area contributed by atoms with E-state index in [1.54, 1.807) is 13.3 Å². The number of hydrogen-bond donors (Lipinski definition) is 1. The van der Waals surface area contributed by atoms with Crippen molar-refractivity contribution in [2.24, 2.45) is 0 Å². The molecule has 1 aromatic heterocycles. The zero-order valence-electron chi connectivity index (χ0n) is 12.1. The molecule has 2 rings (SSSR count). The minimum atomic E-state index is 0.280. The standard InChI is InChI=1S/C15H20BrN3O/c1-4-19(10(2)9-20-3)14-6-5-13(17)12-7-11(16)8-18-15(12)14/h5-8,10H,4,9,17H2,1-3H3. The van der Waals surface area contributed by atoms with E-state index in [-0.39, 0.29) is 6.04 Å². The quantitative estimate of drug-likeness (QED) is 0.849. The van der Waals surface area contributed by atoms with Crippen molar-refractivity contribution in [2.45, 2.75) is 19.9 Å². The highest BCUT2D eigenvalue weighted by atomic mass is 79.9. The number of pyridine rings is 1. The van der Waals surface area contributed by atoms with E-state index >= 15 is 0 Å². The normalized spacial score (nSPS) is 12.6. The fourth-order valence-corrected chi connectivity index (χ4v) is 2.81. The molecule has 20 heavy (non-hydrogen) atoms. The fraction of sp³-hybridized carbons (Fsp3) is 0.400. The van der Waals surface area contributed by atoms with Crippen LogP contribution in [-0.2, 0) is 4.74 Å². The first kappa shape index (κ1) is 15.1. The van der Waals surface area contributed by atoms with Crippen LogP contribution in [0.3, 0.4) is 0 Å². The van der Waals surface area contributed by atoms with Crippen molar-refractivity contribution in [3.63, 3.8) is 0 Å². The highest BCUT2D eigenvalue weighted by molar-refractivity contribution is 9.10. The summed E-state index contributed by atoms with van der Waals surface area (Å²) in [6, 6.07) is 6.26. The van der Waals surface area contributed by atoms with Gasteiger partial charge in [-0.1, -0.05) is 0 Å². The van der Waals surface area contributed by atoms with Crippen LogP contribution in [0.25, 0.3) is 10.9 Å². The number of rotatable bonds is 5. The summed E-state index contributed by atoms with van der Waals surface area (Å²) >= 11 is 3.45. The van der Waals surface area contributed by atoms with E-state index in [0.717, 1.165) is 33.3 Å². The molecular weight excluding hydrogens is 318 g/mol. The summed E-state index contributed by atoms with van der Waals surface area (Å²) in [6.07, 6.45) is 1.81. The predicted molar refractivity (Wildman–Crippen MR) is 88.2 cm³/mol. The number of nitrogens with zero attached hydrogens (tertiary/aromatic N) is 2. The molecule has 2 aromatic rings. The molecule has 2 N–H and O–H groups in total. The van der Waals surface area contributed by atoms with Crippen molar-refractivity contribution in [1.29, 1.82) is 0 Å². The van der Waals surface area contributed by atoms with Gasteiger partial charge in [0, 0.05) is 41.4 Å².